The summed E-state index contributed by atoms with van der Waals surface area (Å²) in [6.45, 7) is 9.73. The molecule has 0 bridgehead atoms. The molecule has 1 amide bonds. The standard InChI is InChI=1S/C17H22N2O/c1-6-11-18-12-16(13(2)3)19(5)17(20)15-10-8-7-9-14(15)4/h7-12H,2,6H2,1,3-5H3/b16-12+,18-11?. The lowest BCUT2D eigenvalue weighted by molar-refractivity contribution is 0.0838. The fourth-order valence-corrected chi connectivity index (χ4v) is 1.81. The maximum Gasteiger partial charge on any atom is 0.258 e. The van der Waals surface area contributed by atoms with Crippen LogP contribution in [0.1, 0.15) is 36.2 Å². The van der Waals surface area contributed by atoms with Gasteiger partial charge in [0.1, 0.15) is 0 Å². The number of nitrogens with zero attached hydrogens (tertiary/aromatic N) is 2. The molecule has 1 aromatic carbocycles. The fourth-order valence-electron chi connectivity index (χ4n) is 1.81. The number of aryl methyl sites for hydroxylation is 1. The quantitative estimate of drug-likeness (QED) is 0.588. The number of hydrogen-bond donors (Lipinski definition) is 0. The maximum absolute atomic E-state index is 12.5. The van der Waals surface area contributed by atoms with Crippen molar-refractivity contribution in [2.45, 2.75) is 27.2 Å². The molecule has 0 spiro atoms. The second kappa shape index (κ2) is 7.43. The molecule has 0 aromatic heterocycles. The number of aliphatic imine (C=N–C) groups is 1. The van der Waals surface area contributed by atoms with Gasteiger partial charge in [-0.25, -0.2) is 0 Å². The van der Waals surface area contributed by atoms with E-state index in [4.69, 9.17) is 0 Å². The lowest BCUT2D eigenvalue weighted by atomic mass is 10.1. The van der Waals surface area contributed by atoms with Gasteiger partial charge in [-0.15, -0.1) is 0 Å². The summed E-state index contributed by atoms with van der Waals surface area (Å²) >= 11 is 0. The van der Waals surface area contributed by atoms with Gasteiger partial charge in [0.2, 0.25) is 0 Å². The predicted octanol–water partition coefficient (Wildman–Crippen LogP) is 3.97. The van der Waals surface area contributed by atoms with Crippen molar-refractivity contribution < 1.29 is 4.79 Å². The molecular formula is C17H22N2O. The van der Waals surface area contributed by atoms with E-state index in [-0.39, 0.29) is 5.91 Å². The molecule has 0 aliphatic rings. The highest BCUT2D eigenvalue weighted by Crippen LogP contribution is 2.17. The third-order valence-electron chi connectivity index (χ3n) is 2.96. The summed E-state index contributed by atoms with van der Waals surface area (Å²) in [6.07, 6.45) is 4.34. The Labute approximate surface area is 121 Å². The Morgan fingerprint density at radius 1 is 1.40 bits per heavy atom. The van der Waals surface area contributed by atoms with E-state index < -0.39 is 0 Å². The molecule has 1 rings (SSSR count). The fraction of sp³-hybridized carbons (Fsp3) is 0.294. The number of amides is 1. The van der Waals surface area contributed by atoms with Gasteiger partial charge in [0.25, 0.3) is 5.91 Å². The summed E-state index contributed by atoms with van der Waals surface area (Å²) in [5.74, 6) is -0.0518. The number of carbonyl (C=O) groups excluding carboxylic acids is 1. The molecule has 0 unspecified atom stereocenters. The molecule has 20 heavy (non-hydrogen) atoms. The van der Waals surface area contributed by atoms with Gasteiger partial charge in [0.05, 0.1) is 11.9 Å². The Morgan fingerprint density at radius 3 is 2.60 bits per heavy atom. The van der Waals surface area contributed by atoms with Crippen molar-refractivity contribution >= 4 is 12.1 Å². The molecule has 3 heteroatoms. The summed E-state index contributed by atoms with van der Waals surface area (Å²) in [5.41, 5.74) is 3.19. The molecule has 0 atom stereocenters. The van der Waals surface area contributed by atoms with Gasteiger partial charge in [-0.2, -0.15) is 0 Å². The lowest BCUT2D eigenvalue weighted by Gasteiger charge is -2.21. The highest BCUT2D eigenvalue weighted by atomic mass is 16.2. The molecule has 0 fully saturated rings. The zero-order valence-corrected chi connectivity index (χ0v) is 12.7. The smallest absolute Gasteiger partial charge is 0.258 e. The molecule has 0 aliphatic heterocycles. The van der Waals surface area contributed by atoms with Crippen LogP contribution in [0, 0.1) is 6.92 Å². The van der Waals surface area contributed by atoms with Gasteiger partial charge < -0.3 is 4.90 Å². The number of hydrogen-bond acceptors (Lipinski definition) is 2. The van der Waals surface area contributed by atoms with Gasteiger partial charge in [0.15, 0.2) is 0 Å². The van der Waals surface area contributed by atoms with E-state index in [1.165, 1.54) is 0 Å². The van der Waals surface area contributed by atoms with Gasteiger partial charge >= 0.3 is 0 Å². The molecule has 3 nitrogen and oxygen atoms in total. The number of benzene rings is 1. The van der Waals surface area contributed by atoms with Gasteiger partial charge in [-0.1, -0.05) is 31.7 Å². The van der Waals surface area contributed by atoms with E-state index in [1.54, 1.807) is 24.4 Å². The van der Waals surface area contributed by atoms with Crippen molar-refractivity contribution in [1.29, 1.82) is 0 Å². The van der Waals surface area contributed by atoms with E-state index in [1.807, 2.05) is 45.0 Å². The largest absolute Gasteiger partial charge is 0.310 e. The zero-order chi connectivity index (χ0) is 15.1. The highest BCUT2D eigenvalue weighted by Gasteiger charge is 2.17. The average molecular weight is 270 g/mol. The Bertz CT molecular complexity index is 556. The van der Waals surface area contributed by atoms with Crippen LogP contribution in [-0.2, 0) is 0 Å². The van der Waals surface area contributed by atoms with Gasteiger partial charge in [0, 0.05) is 18.8 Å². The maximum atomic E-state index is 12.5. The molecule has 106 valence electrons. The third kappa shape index (κ3) is 3.92. The van der Waals surface area contributed by atoms with Gasteiger partial charge in [-0.3, -0.25) is 9.79 Å². The Morgan fingerprint density at radius 2 is 2.05 bits per heavy atom. The van der Waals surface area contributed by atoms with Crippen LogP contribution in [0.5, 0.6) is 0 Å². The average Bonchev–Trinajstić information content (AvgIpc) is 2.42. The second-order valence-electron chi connectivity index (χ2n) is 4.71. The summed E-state index contributed by atoms with van der Waals surface area (Å²) in [7, 11) is 1.75. The SMILES string of the molecule is C=C(C)/C(=C\N=CCC)N(C)C(=O)c1ccccc1C. The summed E-state index contributed by atoms with van der Waals surface area (Å²) < 4.78 is 0. The van der Waals surface area contributed by atoms with Crippen LogP contribution >= 0.6 is 0 Å². The Hall–Kier alpha value is -2.16. The number of allylic oxidation sites excluding steroid dienone is 1. The van der Waals surface area contributed by atoms with Crippen molar-refractivity contribution in [1.82, 2.24) is 4.90 Å². The van der Waals surface area contributed by atoms with Crippen LogP contribution in [0.15, 0.2) is 53.3 Å². The van der Waals surface area contributed by atoms with Crippen molar-refractivity contribution in [2.75, 3.05) is 7.05 Å². The van der Waals surface area contributed by atoms with Gasteiger partial charge in [-0.05, 0) is 37.5 Å². The van der Waals surface area contributed by atoms with E-state index in [2.05, 4.69) is 11.6 Å². The Balaban J connectivity index is 3.07. The van der Waals surface area contributed by atoms with Crippen LogP contribution in [0.3, 0.4) is 0 Å². The van der Waals surface area contributed by atoms with Crippen molar-refractivity contribution in [3.8, 4) is 0 Å². The van der Waals surface area contributed by atoms with Crippen LogP contribution < -0.4 is 0 Å². The topological polar surface area (TPSA) is 32.7 Å². The first kappa shape index (κ1) is 15.9. The number of carbonyl (C=O) groups is 1. The van der Waals surface area contributed by atoms with Crippen LogP contribution in [0.2, 0.25) is 0 Å². The van der Waals surface area contributed by atoms with Crippen molar-refractivity contribution in [3.63, 3.8) is 0 Å². The first-order valence-electron chi connectivity index (χ1n) is 6.70. The first-order chi connectivity index (χ1) is 9.49. The minimum Gasteiger partial charge on any atom is -0.310 e. The van der Waals surface area contributed by atoms with Crippen LogP contribution in [0.4, 0.5) is 0 Å². The number of rotatable bonds is 5. The van der Waals surface area contributed by atoms with E-state index >= 15 is 0 Å². The van der Waals surface area contributed by atoms with E-state index in [0.717, 1.165) is 23.3 Å². The van der Waals surface area contributed by atoms with Crippen molar-refractivity contribution in [2.24, 2.45) is 4.99 Å². The molecule has 0 N–H and O–H groups in total. The Kier molecular flexibility index (Phi) is 5.91. The minimum absolute atomic E-state index is 0.0518. The van der Waals surface area contributed by atoms with Crippen LogP contribution in [0.25, 0.3) is 0 Å². The molecular weight excluding hydrogens is 248 g/mol. The van der Waals surface area contributed by atoms with Crippen LogP contribution in [-0.4, -0.2) is 24.1 Å². The normalized spacial score (nSPS) is 11.7. The minimum atomic E-state index is -0.0518. The van der Waals surface area contributed by atoms with E-state index in [0.29, 0.717) is 5.56 Å². The zero-order valence-electron chi connectivity index (χ0n) is 12.7. The molecule has 0 saturated carbocycles. The number of likely N-dealkylation sites (N-methyl/N-ethyl adjacent to an activating group) is 1. The molecule has 0 saturated heterocycles. The predicted molar refractivity (Wildman–Crippen MR) is 85.0 cm³/mol. The monoisotopic (exact) mass is 270 g/mol. The molecule has 0 heterocycles. The first-order valence-corrected chi connectivity index (χ1v) is 6.70. The lowest BCUT2D eigenvalue weighted by Crippen LogP contribution is -2.27. The third-order valence-corrected chi connectivity index (χ3v) is 2.96. The second-order valence-corrected chi connectivity index (χ2v) is 4.71. The summed E-state index contributed by atoms with van der Waals surface area (Å²) in [5, 5.41) is 0. The molecule has 1 aromatic rings. The summed E-state index contributed by atoms with van der Waals surface area (Å²) in [6, 6.07) is 7.56. The van der Waals surface area contributed by atoms with E-state index in [9.17, 15) is 4.79 Å². The highest BCUT2D eigenvalue weighted by molar-refractivity contribution is 5.96. The molecule has 0 aliphatic carbocycles. The van der Waals surface area contributed by atoms with Crippen molar-refractivity contribution in [3.05, 3.63) is 59.4 Å². The summed E-state index contributed by atoms with van der Waals surface area (Å²) in [4.78, 5) is 18.3. The molecule has 0 radical (unpaired) electrons.